The number of hydrogen-bond acceptors (Lipinski definition) is 3. The lowest BCUT2D eigenvalue weighted by Crippen LogP contribution is -2.15. The van der Waals surface area contributed by atoms with Gasteiger partial charge in [0, 0.05) is 15.1 Å². The Morgan fingerprint density at radius 3 is 2.67 bits per heavy atom. The van der Waals surface area contributed by atoms with Gasteiger partial charge in [-0.15, -0.1) is 0 Å². The first-order chi connectivity index (χ1) is 10.0. The van der Waals surface area contributed by atoms with Crippen LogP contribution in [0.3, 0.4) is 0 Å². The normalized spacial score (nSPS) is 11.5. The molecule has 2 aromatic rings. The zero-order valence-corrected chi connectivity index (χ0v) is 13.8. The third kappa shape index (κ3) is 3.81. The minimum Gasteiger partial charge on any atom is -0.488 e. The van der Waals surface area contributed by atoms with Crippen LogP contribution in [0.15, 0.2) is 46.0 Å². The van der Waals surface area contributed by atoms with Crippen LogP contribution in [0, 0.1) is 0 Å². The summed E-state index contributed by atoms with van der Waals surface area (Å²) < 4.78 is 6.58. The van der Waals surface area contributed by atoms with Crippen LogP contribution in [0.1, 0.15) is 11.1 Å². The van der Waals surface area contributed by atoms with Crippen LogP contribution in [-0.2, 0) is 6.61 Å². The molecule has 0 heterocycles. The van der Waals surface area contributed by atoms with Crippen LogP contribution < -0.4 is 10.5 Å². The van der Waals surface area contributed by atoms with Crippen molar-refractivity contribution in [1.29, 1.82) is 0 Å². The van der Waals surface area contributed by atoms with Gasteiger partial charge < -0.3 is 15.7 Å². The molecule has 0 bridgehead atoms. The largest absolute Gasteiger partial charge is 0.488 e. The SMILES string of the molecule is N/C(=N/O)c1c(Cl)cccc1OCc1ccc(Br)cc1Cl. The number of rotatable bonds is 4. The summed E-state index contributed by atoms with van der Waals surface area (Å²) in [7, 11) is 0. The highest BCUT2D eigenvalue weighted by Gasteiger charge is 2.13. The number of nitrogens with zero attached hydrogens (tertiary/aromatic N) is 1. The highest BCUT2D eigenvalue weighted by Crippen LogP contribution is 2.28. The first-order valence-electron chi connectivity index (χ1n) is 5.86. The number of nitrogens with two attached hydrogens (primary N) is 1. The van der Waals surface area contributed by atoms with E-state index in [9.17, 15) is 0 Å². The van der Waals surface area contributed by atoms with Gasteiger partial charge >= 0.3 is 0 Å². The monoisotopic (exact) mass is 388 g/mol. The second kappa shape index (κ2) is 7.02. The van der Waals surface area contributed by atoms with Crippen LogP contribution >= 0.6 is 39.1 Å². The van der Waals surface area contributed by atoms with E-state index in [0.29, 0.717) is 21.4 Å². The molecule has 0 aliphatic heterocycles. The molecule has 0 atom stereocenters. The molecule has 4 nitrogen and oxygen atoms in total. The molecular formula is C14H11BrCl2N2O2. The molecule has 0 unspecified atom stereocenters. The predicted octanol–water partition coefficient (Wildman–Crippen LogP) is 4.43. The molecule has 3 N–H and O–H groups in total. The minimum atomic E-state index is -0.113. The Bertz CT molecular complexity index is 693. The second-order valence-corrected chi connectivity index (χ2v) is 5.85. The first kappa shape index (κ1) is 15.9. The fourth-order valence-corrected chi connectivity index (χ4v) is 2.71. The fourth-order valence-electron chi connectivity index (χ4n) is 1.72. The average Bonchev–Trinajstić information content (AvgIpc) is 2.45. The maximum absolute atomic E-state index is 8.82. The van der Waals surface area contributed by atoms with E-state index in [2.05, 4.69) is 21.1 Å². The van der Waals surface area contributed by atoms with E-state index in [0.717, 1.165) is 10.0 Å². The molecule has 0 aliphatic carbocycles. The Labute approximate surface area is 140 Å². The summed E-state index contributed by atoms with van der Waals surface area (Å²) in [5, 5.41) is 12.7. The van der Waals surface area contributed by atoms with E-state index in [4.69, 9.17) is 38.9 Å². The molecule has 21 heavy (non-hydrogen) atoms. The maximum atomic E-state index is 8.82. The molecule has 0 amide bonds. The smallest absolute Gasteiger partial charge is 0.175 e. The molecule has 2 aromatic carbocycles. The molecule has 0 fully saturated rings. The molecule has 110 valence electrons. The van der Waals surface area contributed by atoms with Gasteiger partial charge in [-0.2, -0.15) is 0 Å². The van der Waals surface area contributed by atoms with Gasteiger partial charge in [0.1, 0.15) is 12.4 Å². The maximum Gasteiger partial charge on any atom is 0.175 e. The lowest BCUT2D eigenvalue weighted by Gasteiger charge is -2.12. The summed E-state index contributed by atoms with van der Waals surface area (Å²) >= 11 is 15.5. The van der Waals surface area contributed by atoms with Crippen LogP contribution in [-0.4, -0.2) is 11.0 Å². The van der Waals surface area contributed by atoms with E-state index >= 15 is 0 Å². The first-order valence-corrected chi connectivity index (χ1v) is 7.41. The topological polar surface area (TPSA) is 67.8 Å². The van der Waals surface area contributed by atoms with E-state index in [1.54, 1.807) is 24.3 Å². The molecule has 2 rings (SSSR count). The van der Waals surface area contributed by atoms with E-state index in [1.807, 2.05) is 12.1 Å². The van der Waals surface area contributed by atoms with Gasteiger partial charge in [0.05, 0.1) is 10.6 Å². The van der Waals surface area contributed by atoms with E-state index < -0.39 is 0 Å². The van der Waals surface area contributed by atoms with Gasteiger partial charge in [0.15, 0.2) is 5.84 Å². The van der Waals surface area contributed by atoms with Crippen molar-refractivity contribution < 1.29 is 9.94 Å². The highest BCUT2D eigenvalue weighted by molar-refractivity contribution is 9.10. The number of benzene rings is 2. The molecule has 0 saturated heterocycles. The minimum absolute atomic E-state index is 0.113. The summed E-state index contributed by atoms with van der Waals surface area (Å²) in [4.78, 5) is 0. The van der Waals surface area contributed by atoms with Gasteiger partial charge in [-0.1, -0.05) is 56.4 Å². The van der Waals surface area contributed by atoms with Crippen molar-refractivity contribution >= 4 is 45.0 Å². The van der Waals surface area contributed by atoms with Crippen molar-refractivity contribution in [2.45, 2.75) is 6.61 Å². The molecule has 0 saturated carbocycles. The Morgan fingerprint density at radius 1 is 1.24 bits per heavy atom. The Kier molecular flexibility index (Phi) is 5.33. The van der Waals surface area contributed by atoms with Gasteiger partial charge in [0.2, 0.25) is 0 Å². The Balaban J connectivity index is 2.26. The third-order valence-electron chi connectivity index (χ3n) is 2.74. The molecule has 0 aromatic heterocycles. The second-order valence-electron chi connectivity index (χ2n) is 4.12. The zero-order valence-electron chi connectivity index (χ0n) is 10.7. The lowest BCUT2D eigenvalue weighted by molar-refractivity contribution is 0.303. The standard InChI is InChI=1S/C14H11BrCl2N2O2/c15-9-5-4-8(11(17)6-9)7-21-12-3-1-2-10(16)13(12)14(18)19-20/h1-6,20H,7H2,(H2,18,19). The van der Waals surface area contributed by atoms with Crippen LogP contribution in [0.2, 0.25) is 10.0 Å². The van der Waals surface area contributed by atoms with E-state index in [-0.39, 0.29) is 12.4 Å². The summed E-state index contributed by atoms with van der Waals surface area (Å²) in [6, 6.07) is 10.5. The third-order valence-corrected chi connectivity index (χ3v) is 3.90. The molecule has 7 heteroatoms. The summed E-state index contributed by atoms with van der Waals surface area (Å²) in [5.74, 6) is 0.300. The van der Waals surface area contributed by atoms with Crippen molar-refractivity contribution in [3.63, 3.8) is 0 Å². The van der Waals surface area contributed by atoms with Crippen molar-refractivity contribution in [3.05, 3.63) is 62.0 Å². The number of hydrogen-bond donors (Lipinski definition) is 2. The summed E-state index contributed by atoms with van der Waals surface area (Å²) in [6.45, 7) is 0.234. The van der Waals surface area contributed by atoms with Crippen molar-refractivity contribution in [2.75, 3.05) is 0 Å². The average molecular weight is 390 g/mol. The Hall–Kier alpha value is -1.43. The van der Waals surface area contributed by atoms with Gasteiger partial charge in [-0.25, -0.2) is 0 Å². The van der Waals surface area contributed by atoms with Gasteiger partial charge in [-0.05, 0) is 24.3 Å². The molecule has 0 aliphatic rings. The molecule has 0 spiro atoms. The predicted molar refractivity (Wildman–Crippen MR) is 87.4 cm³/mol. The fraction of sp³-hybridized carbons (Fsp3) is 0.0714. The molecule has 0 radical (unpaired) electrons. The van der Waals surface area contributed by atoms with Crippen LogP contribution in [0.25, 0.3) is 0 Å². The van der Waals surface area contributed by atoms with Crippen molar-refractivity contribution in [2.24, 2.45) is 10.9 Å². The quantitative estimate of drug-likeness (QED) is 0.351. The number of ether oxygens (including phenoxy) is 1. The van der Waals surface area contributed by atoms with Gasteiger partial charge in [-0.3, -0.25) is 0 Å². The summed E-state index contributed by atoms with van der Waals surface area (Å²) in [5.41, 5.74) is 6.77. The van der Waals surface area contributed by atoms with Crippen LogP contribution in [0.5, 0.6) is 5.75 Å². The number of amidine groups is 1. The Morgan fingerprint density at radius 2 is 2.00 bits per heavy atom. The summed E-state index contributed by atoms with van der Waals surface area (Å²) in [6.07, 6.45) is 0. The van der Waals surface area contributed by atoms with E-state index in [1.165, 1.54) is 0 Å². The number of halogens is 3. The van der Waals surface area contributed by atoms with Gasteiger partial charge in [0.25, 0.3) is 0 Å². The highest BCUT2D eigenvalue weighted by atomic mass is 79.9. The van der Waals surface area contributed by atoms with Crippen LogP contribution in [0.4, 0.5) is 0 Å². The zero-order chi connectivity index (χ0) is 15.4. The lowest BCUT2D eigenvalue weighted by atomic mass is 10.2. The molecular weight excluding hydrogens is 379 g/mol. The van der Waals surface area contributed by atoms with Crippen molar-refractivity contribution in [1.82, 2.24) is 0 Å². The number of oxime groups is 1. The van der Waals surface area contributed by atoms with Crippen molar-refractivity contribution in [3.8, 4) is 5.75 Å².